The Morgan fingerprint density at radius 1 is 1.10 bits per heavy atom. The largest absolute Gasteiger partial charge is 0.477 e. The second-order valence-electron chi connectivity index (χ2n) is 5.63. The third-order valence-electron chi connectivity index (χ3n) is 4.21. The first-order valence-corrected chi connectivity index (χ1v) is 7.55. The van der Waals surface area contributed by atoms with Crippen LogP contribution >= 0.6 is 0 Å². The molecule has 0 saturated heterocycles. The summed E-state index contributed by atoms with van der Waals surface area (Å²) in [4.78, 5) is 11.7. The van der Waals surface area contributed by atoms with Crippen molar-refractivity contribution in [2.45, 2.75) is 44.4 Å². The van der Waals surface area contributed by atoms with E-state index in [9.17, 15) is 9.90 Å². The van der Waals surface area contributed by atoms with Gasteiger partial charge in [0.05, 0.1) is 0 Å². The summed E-state index contributed by atoms with van der Waals surface area (Å²) in [7, 11) is 0. The molecule has 0 spiro atoms. The van der Waals surface area contributed by atoms with Gasteiger partial charge in [0.2, 0.25) is 0 Å². The molecule has 2 aromatic rings. The number of carboxylic acids is 1. The Labute approximate surface area is 123 Å². The molecule has 0 aliphatic heterocycles. The zero-order chi connectivity index (χ0) is 14.7. The summed E-state index contributed by atoms with van der Waals surface area (Å²) in [5.41, 5.74) is 1.64. The summed E-state index contributed by atoms with van der Waals surface area (Å²) in [6.45, 7) is 0. The summed E-state index contributed by atoms with van der Waals surface area (Å²) in [6, 6.07) is 9.34. The lowest BCUT2D eigenvalue weighted by Gasteiger charge is -2.11. The molecule has 0 unspecified atom stereocenters. The van der Waals surface area contributed by atoms with E-state index in [4.69, 9.17) is 4.52 Å². The van der Waals surface area contributed by atoms with E-state index in [1.54, 1.807) is 0 Å². The van der Waals surface area contributed by atoms with Gasteiger partial charge in [0.1, 0.15) is 11.3 Å². The predicted molar refractivity (Wildman–Crippen MR) is 79.3 cm³/mol. The maximum Gasteiger partial charge on any atom is 0.341 e. The van der Waals surface area contributed by atoms with Crippen LogP contribution in [0.3, 0.4) is 0 Å². The van der Waals surface area contributed by atoms with Crippen LogP contribution in [0.5, 0.6) is 0 Å². The molecule has 0 atom stereocenters. The Balaban J connectivity index is 2.02. The van der Waals surface area contributed by atoms with Gasteiger partial charge in [-0.2, -0.15) is 0 Å². The number of aromatic carboxylic acids is 1. The molecule has 1 aliphatic rings. The van der Waals surface area contributed by atoms with Crippen LogP contribution in [0.15, 0.2) is 34.9 Å². The van der Waals surface area contributed by atoms with E-state index >= 15 is 0 Å². The van der Waals surface area contributed by atoms with E-state index in [1.807, 2.05) is 30.3 Å². The lowest BCUT2D eigenvalue weighted by atomic mass is 9.92. The average Bonchev–Trinajstić information content (AvgIpc) is 2.77. The lowest BCUT2D eigenvalue weighted by molar-refractivity contribution is 0.0695. The van der Waals surface area contributed by atoms with E-state index in [-0.39, 0.29) is 11.5 Å². The zero-order valence-corrected chi connectivity index (χ0v) is 11.9. The Bertz CT molecular complexity index is 610. The van der Waals surface area contributed by atoms with Crippen molar-refractivity contribution >= 4 is 5.97 Å². The number of hydrogen-bond acceptors (Lipinski definition) is 3. The SMILES string of the molecule is O=C(O)c1c(C2CCCCCC2)noc1-c1ccccc1. The highest BCUT2D eigenvalue weighted by Crippen LogP contribution is 2.36. The second kappa shape index (κ2) is 6.12. The van der Waals surface area contributed by atoms with E-state index in [0.717, 1.165) is 31.2 Å². The summed E-state index contributed by atoms with van der Waals surface area (Å²) < 4.78 is 5.41. The number of carboxylic acid groups (broad SMARTS) is 1. The molecular weight excluding hydrogens is 266 g/mol. The Kier molecular flexibility index (Phi) is 4.04. The van der Waals surface area contributed by atoms with Crippen LogP contribution in [0.25, 0.3) is 11.3 Å². The van der Waals surface area contributed by atoms with Gasteiger partial charge in [0.15, 0.2) is 5.76 Å². The van der Waals surface area contributed by atoms with Gasteiger partial charge < -0.3 is 9.63 Å². The number of rotatable bonds is 3. The highest BCUT2D eigenvalue weighted by Gasteiger charge is 2.29. The molecule has 4 nitrogen and oxygen atoms in total. The maximum absolute atomic E-state index is 11.7. The van der Waals surface area contributed by atoms with E-state index in [1.165, 1.54) is 12.8 Å². The first-order chi connectivity index (χ1) is 10.3. The van der Waals surface area contributed by atoms with Crippen molar-refractivity contribution in [2.24, 2.45) is 0 Å². The first-order valence-electron chi connectivity index (χ1n) is 7.55. The minimum atomic E-state index is -0.950. The van der Waals surface area contributed by atoms with Crippen molar-refractivity contribution in [1.29, 1.82) is 0 Å². The van der Waals surface area contributed by atoms with Gasteiger partial charge in [-0.1, -0.05) is 61.2 Å². The molecule has 1 aliphatic carbocycles. The van der Waals surface area contributed by atoms with Crippen molar-refractivity contribution in [3.05, 3.63) is 41.6 Å². The van der Waals surface area contributed by atoms with Gasteiger partial charge in [-0.15, -0.1) is 0 Å². The third kappa shape index (κ3) is 2.84. The summed E-state index contributed by atoms with van der Waals surface area (Å²) in [6.07, 6.45) is 6.72. The molecule has 1 saturated carbocycles. The Morgan fingerprint density at radius 3 is 2.38 bits per heavy atom. The minimum absolute atomic E-state index is 0.208. The molecule has 1 aromatic heterocycles. The fourth-order valence-corrected chi connectivity index (χ4v) is 3.13. The smallest absolute Gasteiger partial charge is 0.341 e. The molecule has 4 heteroatoms. The van der Waals surface area contributed by atoms with Gasteiger partial charge >= 0.3 is 5.97 Å². The van der Waals surface area contributed by atoms with E-state index < -0.39 is 5.97 Å². The van der Waals surface area contributed by atoms with Crippen molar-refractivity contribution < 1.29 is 14.4 Å². The number of aromatic nitrogens is 1. The number of carbonyl (C=O) groups is 1. The van der Waals surface area contributed by atoms with Crippen molar-refractivity contribution in [3.8, 4) is 11.3 Å². The normalized spacial score (nSPS) is 16.6. The molecule has 0 amide bonds. The van der Waals surface area contributed by atoms with Gasteiger partial charge in [0, 0.05) is 11.5 Å². The molecule has 110 valence electrons. The summed E-state index contributed by atoms with van der Waals surface area (Å²) >= 11 is 0. The monoisotopic (exact) mass is 285 g/mol. The minimum Gasteiger partial charge on any atom is -0.477 e. The molecule has 1 aromatic carbocycles. The Morgan fingerprint density at radius 2 is 1.76 bits per heavy atom. The van der Waals surface area contributed by atoms with Crippen LogP contribution in [0, 0.1) is 0 Å². The van der Waals surface area contributed by atoms with Gasteiger partial charge in [0.25, 0.3) is 0 Å². The number of hydrogen-bond donors (Lipinski definition) is 1. The van der Waals surface area contributed by atoms with Crippen molar-refractivity contribution in [1.82, 2.24) is 5.16 Å². The van der Waals surface area contributed by atoms with Crippen LogP contribution < -0.4 is 0 Å². The quantitative estimate of drug-likeness (QED) is 0.845. The van der Waals surface area contributed by atoms with Gasteiger partial charge in [-0.05, 0) is 12.8 Å². The maximum atomic E-state index is 11.7. The molecule has 0 bridgehead atoms. The summed E-state index contributed by atoms with van der Waals surface area (Å²) in [5, 5.41) is 13.7. The standard InChI is InChI=1S/C17H19NO3/c19-17(20)14-15(12-8-4-1-2-5-9-12)18-21-16(14)13-10-6-3-7-11-13/h3,6-7,10-12H,1-2,4-5,8-9H2,(H,19,20). The molecule has 21 heavy (non-hydrogen) atoms. The highest BCUT2D eigenvalue weighted by molar-refractivity contribution is 5.95. The second-order valence-corrected chi connectivity index (χ2v) is 5.63. The van der Waals surface area contributed by atoms with Crippen LogP contribution in [0.1, 0.15) is 60.5 Å². The van der Waals surface area contributed by atoms with Gasteiger partial charge in [-0.25, -0.2) is 4.79 Å². The molecule has 1 fully saturated rings. The molecule has 3 rings (SSSR count). The number of benzene rings is 1. The topological polar surface area (TPSA) is 63.3 Å². The molecule has 0 radical (unpaired) electrons. The van der Waals surface area contributed by atoms with Gasteiger partial charge in [-0.3, -0.25) is 0 Å². The lowest BCUT2D eigenvalue weighted by Crippen LogP contribution is -2.07. The highest BCUT2D eigenvalue weighted by atomic mass is 16.5. The predicted octanol–water partition coefficient (Wildman–Crippen LogP) is 4.48. The molecular formula is C17H19NO3. The average molecular weight is 285 g/mol. The zero-order valence-electron chi connectivity index (χ0n) is 11.9. The third-order valence-corrected chi connectivity index (χ3v) is 4.21. The van der Waals surface area contributed by atoms with Crippen molar-refractivity contribution in [2.75, 3.05) is 0 Å². The molecule has 1 N–H and O–H groups in total. The van der Waals surface area contributed by atoms with Crippen LogP contribution in [-0.2, 0) is 0 Å². The first kappa shape index (κ1) is 13.9. The van der Waals surface area contributed by atoms with Crippen LogP contribution in [-0.4, -0.2) is 16.2 Å². The van der Waals surface area contributed by atoms with E-state index in [0.29, 0.717) is 11.5 Å². The fourth-order valence-electron chi connectivity index (χ4n) is 3.13. The van der Waals surface area contributed by atoms with E-state index in [2.05, 4.69) is 5.16 Å². The number of nitrogens with zero attached hydrogens (tertiary/aromatic N) is 1. The fraction of sp³-hybridized carbons (Fsp3) is 0.412. The van der Waals surface area contributed by atoms with Crippen LogP contribution in [0.4, 0.5) is 0 Å². The summed E-state index contributed by atoms with van der Waals surface area (Å²) in [5.74, 6) is -0.364. The van der Waals surface area contributed by atoms with Crippen molar-refractivity contribution in [3.63, 3.8) is 0 Å². The van der Waals surface area contributed by atoms with Crippen LogP contribution in [0.2, 0.25) is 0 Å². The molecule has 1 heterocycles. The Hall–Kier alpha value is -2.10.